The van der Waals surface area contributed by atoms with Crippen LogP contribution in [-0.2, 0) is 5.41 Å². The minimum atomic E-state index is -0.810. The Kier molecular flexibility index (Phi) is 6.52. The van der Waals surface area contributed by atoms with Crippen molar-refractivity contribution < 1.29 is 0 Å². The van der Waals surface area contributed by atoms with Crippen LogP contribution in [0.1, 0.15) is 22.5 Å². The van der Waals surface area contributed by atoms with Crippen molar-refractivity contribution in [3.8, 4) is 28.5 Å². The Bertz CT molecular complexity index is 3240. The Hall–Kier alpha value is -7.43. The van der Waals surface area contributed by atoms with E-state index in [9.17, 15) is 0 Å². The smallest absolute Gasteiger partial charge is 0.238 e. The molecular weight excluding hydrogens is 681 g/mol. The molecule has 260 valence electrons. The quantitative estimate of drug-likeness (QED) is 0.182. The average molecular weight is 713 g/mol. The van der Waals surface area contributed by atoms with Crippen molar-refractivity contribution in [2.45, 2.75) is 5.41 Å². The summed E-state index contributed by atoms with van der Waals surface area (Å²) in [5.74, 6) is 1.90. The molecule has 0 unspecified atom stereocenters. The first kappa shape index (κ1) is 31.0. The second kappa shape index (κ2) is 11.8. The van der Waals surface area contributed by atoms with Crippen LogP contribution in [0.3, 0.4) is 0 Å². The summed E-state index contributed by atoms with van der Waals surface area (Å²) in [6.45, 7) is 0. The van der Waals surface area contributed by atoms with E-state index in [2.05, 4.69) is 199 Å². The van der Waals surface area contributed by atoms with Crippen LogP contribution >= 0.6 is 0 Å². The zero-order chi connectivity index (χ0) is 36.8. The lowest BCUT2D eigenvalue weighted by atomic mass is 9.71. The normalized spacial score (nSPS) is 13.1. The van der Waals surface area contributed by atoms with Gasteiger partial charge in [-0.15, -0.1) is 0 Å². The number of aromatic nitrogens is 4. The SMILES string of the molecule is c1ccc(C2(c3nc(-c4ccc5ccccc5c4)nc(-n4c5ccc6ccccc6c5c5c6ccccc6ccc54)n3)c3ccccc3-c3ccccc32)cc1. The van der Waals surface area contributed by atoms with Crippen molar-refractivity contribution >= 4 is 54.1 Å². The Morgan fingerprint density at radius 1 is 0.393 bits per heavy atom. The van der Waals surface area contributed by atoms with E-state index in [1.165, 1.54) is 48.8 Å². The molecule has 4 heteroatoms. The minimum Gasteiger partial charge on any atom is -0.278 e. The van der Waals surface area contributed by atoms with Crippen LogP contribution < -0.4 is 0 Å². The molecule has 1 aliphatic rings. The van der Waals surface area contributed by atoms with Crippen molar-refractivity contribution in [2.24, 2.45) is 0 Å². The van der Waals surface area contributed by atoms with Crippen LogP contribution in [0.2, 0.25) is 0 Å². The van der Waals surface area contributed by atoms with Gasteiger partial charge in [0.2, 0.25) is 5.95 Å². The van der Waals surface area contributed by atoms with Crippen molar-refractivity contribution in [3.63, 3.8) is 0 Å². The third-order valence-corrected chi connectivity index (χ3v) is 11.9. The van der Waals surface area contributed by atoms with E-state index in [0.717, 1.165) is 38.7 Å². The highest BCUT2D eigenvalue weighted by Crippen LogP contribution is 2.55. The Morgan fingerprint density at radius 3 is 1.55 bits per heavy atom. The van der Waals surface area contributed by atoms with Crippen molar-refractivity contribution in [2.75, 3.05) is 0 Å². The van der Waals surface area contributed by atoms with Crippen molar-refractivity contribution in [3.05, 3.63) is 217 Å². The zero-order valence-electron chi connectivity index (χ0n) is 30.3. The van der Waals surface area contributed by atoms with Crippen LogP contribution in [-0.4, -0.2) is 19.5 Å². The van der Waals surface area contributed by atoms with Gasteiger partial charge in [0, 0.05) is 16.3 Å². The topological polar surface area (TPSA) is 43.6 Å². The summed E-state index contributed by atoms with van der Waals surface area (Å²) in [6, 6.07) is 69.5. The third kappa shape index (κ3) is 4.27. The second-order valence-corrected chi connectivity index (χ2v) is 14.7. The summed E-state index contributed by atoms with van der Waals surface area (Å²) in [5, 5.41) is 9.49. The van der Waals surface area contributed by atoms with Crippen molar-refractivity contribution in [1.82, 2.24) is 19.5 Å². The lowest BCUT2D eigenvalue weighted by Gasteiger charge is -2.32. The maximum absolute atomic E-state index is 5.69. The minimum absolute atomic E-state index is 0.584. The van der Waals surface area contributed by atoms with E-state index in [1.54, 1.807) is 0 Å². The molecule has 2 heterocycles. The molecule has 0 aliphatic heterocycles. The average Bonchev–Trinajstić information content (AvgIpc) is 3.78. The van der Waals surface area contributed by atoms with E-state index in [0.29, 0.717) is 17.6 Å². The van der Waals surface area contributed by atoms with E-state index in [1.807, 2.05) is 0 Å². The van der Waals surface area contributed by atoms with Gasteiger partial charge >= 0.3 is 0 Å². The highest BCUT2D eigenvalue weighted by molar-refractivity contribution is 6.28. The maximum Gasteiger partial charge on any atom is 0.238 e. The van der Waals surface area contributed by atoms with E-state index >= 15 is 0 Å². The van der Waals surface area contributed by atoms with Crippen LogP contribution in [0, 0.1) is 0 Å². The van der Waals surface area contributed by atoms with Gasteiger partial charge in [-0.25, -0.2) is 4.98 Å². The molecule has 2 aromatic heterocycles. The molecule has 1 aliphatic carbocycles. The lowest BCUT2D eigenvalue weighted by molar-refractivity contribution is 0.683. The second-order valence-electron chi connectivity index (χ2n) is 14.7. The molecule has 0 bridgehead atoms. The van der Waals surface area contributed by atoms with E-state index in [4.69, 9.17) is 15.0 Å². The van der Waals surface area contributed by atoms with Crippen LogP contribution in [0.5, 0.6) is 0 Å². The van der Waals surface area contributed by atoms with Gasteiger partial charge in [0.05, 0.1) is 11.0 Å². The van der Waals surface area contributed by atoms with Gasteiger partial charge in [-0.2, -0.15) is 9.97 Å². The predicted octanol–water partition coefficient (Wildman–Crippen LogP) is 12.5. The number of nitrogens with zero attached hydrogens (tertiary/aromatic N) is 4. The molecule has 0 saturated carbocycles. The van der Waals surface area contributed by atoms with Gasteiger partial charge in [0.15, 0.2) is 11.6 Å². The van der Waals surface area contributed by atoms with Gasteiger partial charge < -0.3 is 0 Å². The molecule has 12 rings (SSSR count). The first-order chi connectivity index (χ1) is 27.8. The fourth-order valence-electron chi connectivity index (χ4n) is 9.46. The molecule has 9 aromatic carbocycles. The summed E-state index contributed by atoms with van der Waals surface area (Å²) in [7, 11) is 0. The summed E-state index contributed by atoms with van der Waals surface area (Å²) in [6.07, 6.45) is 0. The van der Waals surface area contributed by atoms with Crippen molar-refractivity contribution in [1.29, 1.82) is 0 Å². The number of hydrogen-bond donors (Lipinski definition) is 0. The zero-order valence-corrected chi connectivity index (χ0v) is 30.3. The molecule has 0 saturated heterocycles. The highest BCUT2D eigenvalue weighted by atomic mass is 15.2. The summed E-state index contributed by atoms with van der Waals surface area (Å²) in [4.78, 5) is 16.7. The summed E-state index contributed by atoms with van der Waals surface area (Å²) >= 11 is 0. The Morgan fingerprint density at radius 2 is 0.911 bits per heavy atom. The number of benzene rings is 9. The monoisotopic (exact) mass is 712 g/mol. The van der Waals surface area contributed by atoms with Crippen LogP contribution in [0.25, 0.3) is 82.6 Å². The summed E-state index contributed by atoms with van der Waals surface area (Å²) < 4.78 is 2.27. The number of hydrogen-bond acceptors (Lipinski definition) is 3. The Labute approximate surface area is 323 Å². The van der Waals surface area contributed by atoms with Gasteiger partial charge in [0.25, 0.3) is 0 Å². The largest absolute Gasteiger partial charge is 0.278 e. The molecule has 56 heavy (non-hydrogen) atoms. The molecular formula is C52H32N4. The number of fused-ring (bicyclic) bond motifs is 11. The molecule has 4 nitrogen and oxygen atoms in total. The standard InChI is InChI=1S/C52H32N4/c1-2-18-38(19-3-1)52(43-24-12-10-22-41(43)42-23-11-13-25-44(42)52)50-53-49(37-27-26-33-14-4-5-17-36(33)32-37)54-51(55-50)56-45-30-28-34-15-6-8-20-39(34)47(45)48-40-21-9-7-16-35(40)29-31-46(48)56/h1-32H. The fourth-order valence-corrected chi connectivity index (χ4v) is 9.46. The number of rotatable bonds is 4. The van der Waals surface area contributed by atoms with Gasteiger partial charge in [-0.1, -0.05) is 176 Å². The fraction of sp³-hybridized carbons (Fsp3) is 0.0192. The third-order valence-electron chi connectivity index (χ3n) is 11.9. The molecule has 0 fully saturated rings. The molecule has 0 radical (unpaired) electrons. The highest BCUT2D eigenvalue weighted by Gasteiger charge is 2.49. The molecule has 0 spiro atoms. The van der Waals surface area contributed by atoms with Crippen LogP contribution in [0.15, 0.2) is 194 Å². The Balaban J connectivity index is 1.26. The molecule has 11 aromatic rings. The first-order valence-corrected chi connectivity index (χ1v) is 19.1. The predicted molar refractivity (Wildman–Crippen MR) is 229 cm³/mol. The van der Waals surface area contributed by atoms with Gasteiger partial charge in [-0.3, -0.25) is 4.57 Å². The van der Waals surface area contributed by atoms with E-state index in [-0.39, 0.29) is 0 Å². The lowest BCUT2D eigenvalue weighted by Crippen LogP contribution is -2.32. The van der Waals surface area contributed by atoms with Gasteiger partial charge in [-0.05, 0) is 78.3 Å². The first-order valence-electron chi connectivity index (χ1n) is 19.1. The molecule has 0 amide bonds. The molecule has 0 atom stereocenters. The molecule has 0 N–H and O–H groups in total. The maximum atomic E-state index is 5.69. The van der Waals surface area contributed by atoms with Crippen LogP contribution in [0.4, 0.5) is 0 Å². The van der Waals surface area contributed by atoms with E-state index < -0.39 is 5.41 Å². The summed E-state index contributed by atoms with van der Waals surface area (Å²) in [5.41, 5.74) is 8.05. The van der Waals surface area contributed by atoms with Gasteiger partial charge in [0.1, 0.15) is 5.41 Å².